The minimum atomic E-state index is -0.272. The molecule has 1 saturated heterocycles. The smallest absolute Gasteiger partial charge is 0.321 e. The maximum absolute atomic E-state index is 12.8. The topological polar surface area (TPSA) is 96.4 Å². The van der Waals surface area contributed by atoms with Crippen molar-refractivity contribution in [1.29, 1.82) is 0 Å². The van der Waals surface area contributed by atoms with E-state index >= 15 is 0 Å². The van der Waals surface area contributed by atoms with Gasteiger partial charge < -0.3 is 20.3 Å². The lowest BCUT2D eigenvalue weighted by Crippen LogP contribution is -2.41. The fraction of sp³-hybridized carbons (Fsp3) is 0.304. The fourth-order valence-corrected chi connectivity index (χ4v) is 4.51. The number of rotatable bonds is 5. The number of amides is 3. The predicted molar refractivity (Wildman–Crippen MR) is 125 cm³/mol. The highest BCUT2D eigenvalue weighted by molar-refractivity contribution is 7.13. The van der Waals surface area contributed by atoms with E-state index in [1.54, 1.807) is 18.1 Å². The molecule has 3 amide bonds. The summed E-state index contributed by atoms with van der Waals surface area (Å²) in [5, 5.41) is 15.3. The Morgan fingerprint density at radius 1 is 1.12 bits per heavy atom. The van der Waals surface area contributed by atoms with Crippen molar-refractivity contribution in [3.63, 3.8) is 0 Å². The quantitative estimate of drug-likeness (QED) is 0.595. The van der Waals surface area contributed by atoms with Gasteiger partial charge in [0.05, 0.1) is 7.11 Å². The molecule has 0 spiro atoms. The minimum Gasteiger partial charge on any atom is -0.497 e. The van der Waals surface area contributed by atoms with Crippen LogP contribution in [0.25, 0.3) is 0 Å². The molecule has 1 atom stereocenters. The molecule has 4 rings (SSSR count). The van der Waals surface area contributed by atoms with Gasteiger partial charge in [-0.3, -0.25) is 4.79 Å². The minimum absolute atomic E-state index is 0.0531. The number of nitrogens with zero attached hydrogens (tertiary/aromatic N) is 3. The molecule has 1 fully saturated rings. The number of hydrogen-bond acceptors (Lipinski definition) is 6. The van der Waals surface area contributed by atoms with Crippen LogP contribution in [-0.2, 0) is 0 Å². The second-order valence-corrected chi connectivity index (χ2v) is 8.67. The van der Waals surface area contributed by atoms with Crippen LogP contribution in [0.5, 0.6) is 5.75 Å². The first kappa shape index (κ1) is 21.8. The summed E-state index contributed by atoms with van der Waals surface area (Å²) in [7, 11) is 1.59. The Kier molecular flexibility index (Phi) is 6.65. The van der Waals surface area contributed by atoms with Gasteiger partial charge in [-0.15, -0.1) is 10.2 Å². The van der Waals surface area contributed by atoms with Crippen molar-refractivity contribution < 1.29 is 14.3 Å². The van der Waals surface area contributed by atoms with E-state index in [-0.39, 0.29) is 17.9 Å². The van der Waals surface area contributed by atoms with E-state index in [1.165, 1.54) is 11.3 Å². The molecule has 1 aliphatic heterocycles. The van der Waals surface area contributed by atoms with Gasteiger partial charge >= 0.3 is 6.03 Å². The van der Waals surface area contributed by atoms with Gasteiger partial charge in [0.15, 0.2) is 0 Å². The third-order valence-corrected chi connectivity index (χ3v) is 6.49. The van der Waals surface area contributed by atoms with E-state index in [0.29, 0.717) is 29.5 Å². The van der Waals surface area contributed by atoms with Crippen LogP contribution in [0.15, 0.2) is 48.5 Å². The Morgan fingerprint density at radius 2 is 1.97 bits per heavy atom. The van der Waals surface area contributed by atoms with Crippen molar-refractivity contribution in [3.05, 3.63) is 64.1 Å². The number of hydrogen-bond donors (Lipinski definition) is 2. The Labute approximate surface area is 190 Å². The molecule has 0 unspecified atom stereocenters. The highest BCUT2D eigenvalue weighted by atomic mass is 32.1. The summed E-state index contributed by atoms with van der Waals surface area (Å²) in [5.74, 6) is 0.466. The van der Waals surface area contributed by atoms with Gasteiger partial charge in [0.25, 0.3) is 5.91 Å². The molecule has 166 valence electrons. The lowest BCUT2D eigenvalue weighted by Gasteiger charge is -2.31. The standard InChI is InChI=1S/C23H25N5O3S/c1-15-7-3-4-11-19(15)25-20(29)22-27-26-21(32-22)16-8-6-12-28(14-16)23(30)24-17-9-5-10-18(13-17)31-2/h3-5,7,9-11,13,16H,6,8,12,14H2,1-2H3,(H,24,30)(H,25,29)/t16-/m0/s1. The van der Waals surface area contributed by atoms with Gasteiger partial charge in [-0.25, -0.2) is 4.79 Å². The van der Waals surface area contributed by atoms with Crippen molar-refractivity contribution in [3.8, 4) is 5.75 Å². The predicted octanol–water partition coefficient (Wildman–Crippen LogP) is 4.52. The van der Waals surface area contributed by atoms with Gasteiger partial charge in [0, 0.05) is 36.4 Å². The zero-order valence-electron chi connectivity index (χ0n) is 18.0. The summed E-state index contributed by atoms with van der Waals surface area (Å²) < 4.78 is 5.21. The monoisotopic (exact) mass is 451 g/mol. The molecule has 8 nitrogen and oxygen atoms in total. The number of para-hydroxylation sites is 1. The molecular weight excluding hydrogens is 426 g/mol. The van der Waals surface area contributed by atoms with Gasteiger partial charge in [0.2, 0.25) is 5.01 Å². The van der Waals surface area contributed by atoms with Crippen LogP contribution in [0.1, 0.15) is 39.1 Å². The SMILES string of the molecule is COc1cccc(NC(=O)N2CCC[C@H](c3nnc(C(=O)Nc4ccccc4C)s3)C2)c1. The highest BCUT2D eigenvalue weighted by Crippen LogP contribution is 2.30. The normalized spacial score (nSPS) is 15.8. The molecule has 0 saturated carbocycles. The molecule has 1 aromatic heterocycles. The Morgan fingerprint density at radius 3 is 2.78 bits per heavy atom. The molecular formula is C23H25N5O3S. The number of carbonyl (C=O) groups excluding carboxylic acids is 2. The summed E-state index contributed by atoms with van der Waals surface area (Å²) in [6, 6.07) is 14.7. The second-order valence-electron chi connectivity index (χ2n) is 7.66. The molecule has 1 aliphatic rings. The van der Waals surface area contributed by atoms with Crippen molar-refractivity contribution in [1.82, 2.24) is 15.1 Å². The summed E-state index contributed by atoms with van der Waals surface area (Å²) in [5.41, 5.74) is 2.42. The first-order valence-electron chi connectivity index (χ1n) is 10.4. The average molecular weight is 452 g/mol. The molecule has 2 heterocycles. The summed E-state index contributed by atoms with van der Waals surface area (Å²) in [6.45, 7) is 3.14. The van der Waals surface area contributed by atoms with E-state index in [1.807, 2.05) is 49.4 Å². The van der Waals surface area contributed by atoms with Crippen LogP contribution in [0, 0.1) is 6.92 Å². The largest absolute Gasteiger partial charge is 0.497 e. The third-order valence-electron chi connectivity index (χ3n) is 5.41. The van der Waals surface area contributed by atoms with E-state index in [4.69, 9.17) is 4.74 Å². The lowest BCUT2D eigenvalue weighted by atomic mass is 9.99. The number of urea groups is 1. The van der Waals surface area contributed by atoms with Crippen LogP contribution in [-0.4, -0.2) is 47.2 Å². The number of carbonyl (C=O) groups is 2. The molecule has 2 aromatic carbocycles. The van der Waals surface area contributed by atoms with Crippen LogP contribution >= 0.6 is 11.3 Å². The molecule has 32 heavy (non-hydrogen) atoms. The Balaban J connectivity index is 1.39. The first-order valence-corrected chi connectivity index (χ1v) is 11.3. The third kappa shape index (κ3) is 5.05. The van der Waals surface area contributed by atoms with Crippen molar-refractivity contribution in [2.75, 3.05) is 30.8 Å². The maximum atomic E-state index is 12.8. The van der Waals surface area contributed by atoms with Crippen LogP contribution in [0.2, 0.25) is 0 Å². The maximum Gasteiger partial charge on any atom is 0.321 e. The van der Waals surface area contributed by atoms with Crippen LogP contribution < -0.4 is 15.4 Å². The summed E-state index contributed by atoms with van der Waals surface area (Å²) >= 11 is 1.29. The molecule has 3 aromatic rings. The van der Waals surface area contributed by atoms with E-state index in [0.717, 1.165) is 29.1 Å². The van der Waals surface area contributed by atoms with Crippen LogP contribution in [0.4, 0.5) is 16.2 Å². The molecule has 0 aliphatic carbocycles. The number of aryl methyl sites for hydroxylation is 1. The Bertz CT molecular complexity index is 1120. The van der Waals surface area contributed by atoms with Gasteiger partial charge in [0.1, 0.15) is 10.8 Å². The fourth-order valence-electron chi connectivity index (χ4n) is 3.65. The van der Waals surface area contributed by atoms with Crippen LogP contribution in [0.3, 0.4) is 0 Å². The number of methoxy groups -OCH3 is 1. The average Bonchev–Trinajstić information content (AvgIpc) is 3.31. The lowest BCUT2D eigenvalue weighted by molar-refractivity contribution is 0.102. The van der Waals surface area contributed by atoms with Crippen molar-refractivity contribution >= 4 is 34.6 Å². The number of benzene rings is 2. The first-order chi connectivity index (χ1) is 15.5. The number of nitrogens with one attached hydrogen (secondary N) is 2. The van der Waals surface area contributed by atoms with Gasteiger partial charge in [-0.05, 0) is 43.5 Å². The number of aromatic nitrogens is 2. The molecule has 0 bridgehead atoms. The van der Waals surface area contributed by atoms with Gasteiger partial charge in [-0.2, -0.15) is 0 Å². The second kappa shape index (κ2) is 9.78. The number of ether oxygens (including phenoxy) is 1. The highest BCUT2D eigenvalue weighted by Gasteiger charge is 2.28. The van der Waals surface area contributed by atoms with Crippen molar-refractivity contribution in [2.24, 2.45) is 0 Å². The molecule has 9 heteroatoms. The van der Waals surface area contributed by atoms with Gasteiger partial charge in [-0.1, -0.05) is 35.6 Å². The van der Waals surface area contributed by atoms with E-state index in [9.17, 15) is 9.59 Å². The Hall–Kier alpha value is -3.46. The van der Waals surface area contributed by atoms with Crippen molar-refractivity contribution in [2.45, 2.75) is 25.7 Å². The zero-order valence-corrected chi connectivity index (χ0v) is 18.8. The number of likely N-dealkylation sites (tertiary alicyclic amines) is 1. The number of anilines is 2. The van der Waals surface area contributed by atoms with E-state index < -0.39 is 0 Å². The number of piperidine rings is 1. The zero-order chi connectivity index (χ0) is 22.5. The molecule has 0 radical (unpaired) electrons. The summed E-state index contributed by atoms with van der Waals surface area (Å²) in [4.78, 5) is 27.2. The van der Waals surface area contributed by atoms with E-state index in [2.05, 4.69) is 20.8 Å². The molecule has 2 N–H and O–H groups in total. The summed E-state index contributed by atoms with van der Waals surface area (Å²) in [6.07, 6.45) is 1.76.